The molecule has 0 amide bonds. The lowest BCUT2D eigenvalue weighted by molar-refractivity contribution is -0.191. The van der Waals surface area contributed by atoms with E-state index in [1.54, 1.807) is 0 Å². The van der Waals surface area contributed by atoms with Gasteiger partial charge in [0.2, 0.25) is 0 Å². The summed E-state index contributed by atoms with van der Waals surface area (Å²) in [5.41, 5.74) is 0. The fourth-order valence-electron chi connectivity index (χ4n) is 5.88. The van der Waals surface area contributed by atoms with Crippen LogP contribution in [0.5, 0.6) is 0 Å². The smallest absolute Gasteiger partial charge is 0.169 e. The second-order valence-electron chi connectivity index (χ2n) is 10.3. The van der Waals surface area contributed by atoms with Crippen molar-refractivity contribution in [3.63, 3.8) is 0 Å². The van der Waals surface area contributed by atoms with Crippen molar-refractivity contribution in [2.75, 3.05) is 12.3 Å². The van der Waals surface area contributed by atoms with Crippen LogP contribution in [0, 0.1) is 0 Å². The standard InChI is InChI=1S/C34H36O2P2/c1-6-16-28(17-7-1)37(29-18-8-2-9-19-29)26-32-33(36-34(35-32)24-14-5-15-25-34)27-38(30-20-10-3-11-21-30)31-22-12-4-13-23-31/h1-4,6-13,16-23,32-33H,5,14-15,24-27H2/t32-,33-/m0/s1. The van der Waals surface area contributed by atoms with E-state index in [0.717, 1.165) is 25.2 Å². The molecule has 2 fully saturated rings. The zero-order valence-corrected chi connectivity index (χ0v) is 23.7. The van der Waals surface area contributed by atoms with Crippen molar-refractivity contribution in [3.8, 4) is 0 Å². The molecule has 0 N–H and O–H groups in total. The molecule has 38 heavy (non-hydrogen) atoms. The molecule has 0 radical (unpaired) electrons. The summed E-state index contributed by atoms with van der Waals surface area (Å²) in [6, 6.07) is 44.2. The summed E-state index contributed by atoms with van der Waals surface area (Å²) < 4.78 is 14.1. The highest BCUT2D eigenvalue weighted by Gasteiger charge is 2.49. The van der Waals surface area contributed by atoms with Crippen molar-refractivity contribution >= 4 is 37.1 Å². The summed E-state index contributed by atoms with van der Waals surface area (Å²) >= 11 is 0. The van der Waals surface area contributed by atoms with Crippen LogP contribution in [0.4, 0.5) is 0 Å². The van der Waals surface area contributed by atoms with Crippen molar-refractivity contribution in [1.29, 1.82) is 0 Å². The quantitative estimate of drug-likeness (QED) is 0.233. The van der Waals surface area contributed by atoms with E-state index in [1.807, 2.05) is 0 Å². The SMILES string of the molecule is c1ccc(P(C[C@@H]2OC3(CCCCC3)O[C@H]2CP(c2ccccc2)c2ccccc2)c2ccccc2)cc1. The molecule has 0 bridgehead atoms. The first-order chi connectivity index (χ1) is 18.8. The summed E-state index contributed by atoms with van der Waals surface area (Å²) in [4.78, 5) is 0. The Bertz CT molecular complexity index is 1090. The third kappa shape index (κ3) is 5.95. The first kappa shape index (κ1) is 25.9. The molecule has 6 rings (SSSR count). The molecule has 1 saturated heterocycles. The minimum Gasteiger partial charge on any atom is -0.344 e. The topological polar surface area (TPSA) is 18.5 Å². The van der Waals surface area contributed by atoms with Gasteiger partial charge >= 0.3 is 0 Å². The lowest BCUT2D eigenvalue weighted by Gasteiger charge is -2.32. The van der Waals surface area contributed by atoms with Crippen molar-refractivity contribution in [2.24, 2.45) is 0 Å². The number of hydrogen-bond acceptors (Lipinski definition) is 2. The van der Waals surface area contributed by atoms with E-state index in [4.69, 9.17) is 9.47 Å². The zero-order chi connectivity index (χ0) is 25.6. The summed E-state index contributed by atoms with van der Waals surface area (Å²) in [5.74, 6) is -0.406. The minimum absolute atomic E-state index is 0.0806. The van der Waals surface area contributed by atoms with Gasteiger partial charge < -0.3 is 9.47 Å². The molecular formula is C34H36O2P2. The molecule has 4 heteroatoms. The van der Waals surface area contributed by atoms with E-state index in [1.165, 1.54) is 40.5 Å². The van der Waals surface area contributed by atoms with Gasteiger partial charge in [-0.2, -0.15) is 0 Å². The molecule has 4 aromatic rings. The minimum atomic E-state index is -0.558. The maximum atomic E-state index is 7.05. The van der Waals surface area contributed by atoms with Crippen molar-refractivity contribution < 1.29 is 9.47 Å². The van der Waals surface area contributed by atoms with Crippen LogP contribution in [0.2, 0.25) is 0 Å². The Kier molecular flexibility index (Phi) is 8.34. The fourth-order valence-corrected chi connectivity index (χ4v) is 10.8. The van der Waals surface area contributed by atoms with Gasteiger partial charge in [-0.15, -0.1) is 0 Å². The molecule has 1 saturated carbocycles. The summed E-state index contributed by atoms with van der Waals surface area (Å²) in [6.45, 7) is 0. The Labute approximate surface area is 229 Å². The van der Waals surface area contributed by atoms with Crippen molar-refractivity contribution in [3.05, 3.63) is 121 Å². The highest BCUT2D eigenvalue weighted by molar-refractivity contribution is 7.73. The molecule has 4 aromatic carbocycles. The first-order valence-electron chi connectivity index (χ1n) is 13.9. The number of hydrogen-bond donors (Lipinski definition) is 0. The fraction of sp³-hybridized carbons (Fsp3) is 0.294. The van der Waals surface area contributed by atoms with Gasteiger partial charge in [0.1, 0.15) is 0 Å². The predicted octanol–water partition coefficient (Wildman–Crippen LogP) is 6.70. The monoisotopic (exact) mass is 538 g/mol. The summed E-state index contributed by atoms with van der Waals surface area (Å²) in [5, 5.41) is 5.64. The number of rotatable bonds is 8. The molecule has 194 valence electrons. The normalized spacial score (nSPS) is 20.8. The van der Waals surface area contributed by atoms with Crippen LogP contribution in [0.25, 0.3) is 0 Å². The van der Waals surface area contributed by atoms with E-state index in [9.17, 15) is 0 Å². The molecule has 1 heterocycles. The maximum Gasteiger partial charge on any atom is 0.169 e. The largest absolute Gasteiger partial charge is 0.344 e. The third-order valence-electron chi connectivity index (χ3n) is 7.76. The van der Waals surface area contributed by atoms with Gasteiger partial charge in [-0.3, -0.25) is 0 Å². The molecule has 2 aliphatic rings. The van der Waals surface area contributed by atoms with Gasteiger partial charge in [0.05, 0.1) is 12.2 Å². The molecule has 1 spiro atoms. The Morgan fingerprint density at radius 2 is 0.789 bits per heavy atom. The van der Waals surface area contributed by atoms with Gasteiger partial charge in [-0.05, 0) is 49.9 Å². The first-order valence-corrected chi connectivity index (χ1v) is 17.0. The number of benzene rings is 4. The number of ether oxygens (including phenoxy) is 2. The van der Waals surface area contributed by atoms with Gasteiger partial charge in [0.25, 0.3) is 0 Å². The van der Waals surface area contributed by atoms with Crippen molar-refractivity contribution in [1.82, 2.24) is 0 Å². The predicted molar refractivity (Wildman–Crippen MR) is 163 cm³/mol. The Hall–Kier alpha value is -2.34. The highest BCUT2D eigenvalue weighted by Crippen LogP contribution is 2.48. The van der Waals surface area contributed by atoms with E-state index >= 15 is 0 Å². The molecule has 1 aliphatic heterocycles. The zero-order valence-electron chi connectivity index (χ0n) is 21.9. The van der Waals surface area contributed by atoms with Gasteiger partial charge in [-0.1, -0.05) is 128 Å². The van der Waals surface area contributed by atoms with E-state index < -0.39 is 21.6 Å². The van der Waals surface area contributed by atoms with Crippen LogP contribution in [-0.4, -0.2) is 30.3 Å². The maximum absolute atomic E-state index is 7.05. The van der Waals surface area contributed by atoms with Gasteiger partial charge in [-0.25, -0.2) is 0 Å². The van der Waals surface area contributed by atoms with Gasteiger partial charge in [0, 0.05) is 25.2 Å². The van der Waals surface area contributed by atoms with Crippen LogP contribution in [0.1, 0.15) is 32.1 Å². The molecule has 0 aromatic heterocycles. The van der Waals surface area contributed by atoms with Crippen LogP contribution in [0.3, 0.4) is 0 Å². The Balaban J connectivity index is 1.34. The average Bonchev–Trinajstić information content (AvgIpc) is 3.32. The second kappa shape index (κ2) is 12.2. The third-order valence-corrected chi connectivity index (χ3v) is 12.9. The Morgan fingerprint density at radius 1 is 0.474 bits per heavy atom. The van der Waals surface area contributed by atoms with Crippen LogP contribution < -0.4 is 21.2 Å². The summed E-state index contributed by atoms with van der Waals surface area (Å²) in [6.07, 6.45) is 7.84. The Morgan fingerprint density at radius 3 is 1.11 bits per heavy atom. The lowest BCUT2D eigenvalue weighted by Crippen LogP contribution is -2.34. The molecule has 2 atom stereocenters. The second-order valence-corrected chi connectivity index (χ2v) is 14.9. The van der Waals surface area contributed by atoms with Crippen molar-refractivity contribution in [2.45, 2.75) is 50.1 Å². The summed E-state index contributed by atoms with van der Waals surface area (Å²) in [7, 11) is -1.12. The van der Waals surface area contributed by atoms with E-state index in [2.05, 4.69) is 121 Å². The molecular weight excluding hydrogens is 502 g/mol. The van der Waals surface area contributed by atoms with Crippen LogP contribution >= 0.6 is 15.8 Å². The van der Waals surface area contributed by atoms with Crippen LogP contribution in [-0.2, 0) is 9.47 Å². The highest BCUT2D eigenvalue weighted by atomic mass is 31.1. The molecule has 2 nitrogen and oxygen atoms in total. The van der Waals surface area contributed by atoms with E-state index in [-0.39, 0.29) is 12.2 Å². The van der Waals surface area contributed by atoms with Gasteiger partial charge in [0.15, 0.2) is 5.79 Å². The molecule has 1 aliphatic carbocycles. The van der Waals surface area contributed by atoms with Crippen LogP contribution in [0.15, 0.2) is 121 Å². The lowest BCUT2D eigenvalue weighted by atomic mass is 9.94. The molecule has 0 unspecified atom stereocenters. The average molecular weight is 539 g/mol. The van der Waals surface area contributed by atoms with E-state index in [0.29, 0.717) is 0 Å².